The maximum Gasteiger partial charge on any atom is 0.251 e. The van der Waals surface area contributed by atoms with Crippen LogP contribution in [0.25, 0.3) is 0 Å². The van der Waals surface area contributed by atoms with Crippen molar-refractivity contribution in [1.82, 2.24) is 10.2 Å². The number of likely N-dealkylation sites (N-methyl/N-ethyl adjacent to an activating group) is 1. The molecular formula is C19H19ClF2N2O3. The van der Waals surface area contributed by atoms with Crippen molar-refractivity contribution < 1.29 is 23.1 Å². The predicted octanol–water partition coefficient (Wildman–Crippen LogP) is 3.28. The second-order valence-corrected chi connectivity index (χ2v) is 6.25. The summed E-state index contributed by atoms with van der Waals surface area (Å²) >= 11 is 5.79. The highest BCUT2D eigenvalue weighted by atomic mass is 35.5. The highest BCUT2D eigenvalue weighted by Gasteiger charge is 2.13. The first-order valence-corrected chi connectivity index (χ1v) is 8.59. The number of hydrogen-bond acceptors (Lipinski definition) is 3. The van der Waals surface area contributed by atoms with Crippen molar-refractivity contribution in [3.05, 3.63) is 64.7 Å². The van der Waals surface area contributed by atoms with Crippen molar-refractivity contribution in [3.63, 3.8) is 0 Å². The third-order valence-electron chi connectivity index (χ3n) is 3.67. The molecule has 1 N–H and O–H groups in total. The minimum absolute atomic E-state index is 0.181. The molecule has 0 aliphatic carbocycles. The summed E-state index contributed by atoms with van der Waals surface area (Å²) in [6.45, 7) is 0.566. The van der Waals surface area contributed by atoms with Crippen molar-refractivity contribution in [3.8, 4) is 5.75 Å². The molecule has 0 saturated carbocycles. The highest BCUT2D eigenvalue weighted by Crippen LogP contribution is 2.15. The number of hydrogen-bond donors (Lipinski definition) is 1. The maximum atomic E-state index is 13.1. The van der Waals surface area contributed by atoms with Crippen LogP contribution in [0.1, 0.15) is 16.8 Å². The van der Waals surface area contributed by atoms with Gasteiger partial charge in [0.25, 0.3) is 5.91 Å². The van der Waals surface area contributed by atoms with Gasteiger partial charge in [0.2, 0.25) is 5.91 Å². The molecule has 0 bridgehead atoms. The van der Waals surface area contributed by atoms with Crippen LogP contribution in [0.4, 0.5) is 8.78 Å². The molecule has 0 spiro atoms. The molecule has 2 aromatic carbocycles. The van der Waals surface area contributed by atoms with Crippen LogP contribution in [-0.4, -0.2) is 43.5 Å². The van der Waals surface area contributed by atoms with Crippen LogP contribution in [0.15, 0.2) is 42.5 Å². The summed E-state index contributed by atoms with van der Waals surface area (Å²) in [5.41, 5.74) is -0.181. The third-order valence-corrected chi connectivity index (χ3v) is 3.92. The average molecular weight is 397 g/mol. The lowest BCUT2D eigenvalue weighted by molar-refractivity contribution is -0.128. The van der Waals surface area contributed by atoms with Gasteiger partial charge in [-0.05, 0) is 42.8 Å². The summed E-state index contributed by atoms with van der Waals surface area (Å²) in [4.78, 5) is 25.3. The normalized spacial score (nSPS) is 10.4. The van der Waals surface area contributed by atoms with E-state index in [-0.39, 0.29) is 18.0 Å². The molecule has 144 valence electrons. The number of amides is 2. The molecule has 0 aromatic heterocycles. The van der Waals surface area contributed by atoms with Gasteiger partial charge in [-0.25, -0.2) is 8.78 Å². The van der Waals surface area contributed by atoms with Crippen LogP contribution in [0, 0.1) is 11.6 Å². The Bertz CT molecular complexity index is 780. The zero-order chi connectivity index (χ0) is 19.8. The van der Waals surface area contributed by atoms with Gasteiger partial charge in [0.1, 0.15) is 17.4 Å². The second-order valence-electron chi connectivity index (χ2n) is 5.81. The van der Waals surface area contributed by atoms with Gasteiger partial charge in [0, 0.05) is 30.2 Å². The molecule has 2 rings (SSSR count). The SMILES string of the molecule is CN(CCCOc1ccc(Cl)cc1)C(=O)CNC(=O)c1cc(F)cc(F)c1. The smallest absolute Gasteiger partial charge is 0.251 e. The monoisotopic (exact) mass is 396 g/mol. The summed E-state index contributed by atoms with van der Waals surface area (Å²) in [6, 6.07) is 9.42. The van der Waals surface area contributed by atoms with Gasteiger partial charge in [0.05, 0.1) is 13.2 Å². The number of nitrogens with one attached hydrogen (secondary N) is 1. The van der Waals surface area contributed by atoms with Gasteiger partial charge in [-0.15, -0.1) is 0 Å². The lowest BCUT2D eigenvalue weighted by Crippen LogP contribution is -2.38. The van der Waals surface area contributed by atoms with Crippen molar-refractivity contribution >= 4 is 23.4 Å². The fraction of sp³-hybridized carbons (Fsp3) is 0.263. The van der Waals surface area contributed by atoms with Gasteiger partial charge in [-0.2, -0.15) is 0 Å². The van der Waals surface area contributed by atoms with Crippen LogP contribution in [-0.2, 0) is 4.79 Å². The lowest BCUT2D eigenvalue weighted by atomic mass is 10.2. The van der Waals surface area contributed by atoms with Gasteiger partial charge < -0.3 is 15.0 Å². The Morgan fingerprint density at radius 3 is 2.37 bits per heavy atom. The quantitative estimate of drug-likeness (QED) is 0.697. The molecule has 27 heavy (non-hydrogen) atoms. The van der Waals surface area contributed by atoms with Crippen molar-refractivity contribution in [2.24, 2.45) is 0 Å². The Labute approximate surface area is 160 Å². The lowest BCUT2D eigenvalue weighted by Gasteiger charge is -2.17. The number of halogens is 3. The summed E-state index contributed by atoms with van der Waals surface area (Å²) < 4.78 is 31.8. The van der Waals surface area contributed by atoms with Gasteiger partial charge >= 0.3 is 0 Å². The third kappa shape index (κ3) is 6.86. The summed E-state index contributed by atoms with van der Waals surface area (Å²) in [5.74, 6) is -2.08. The van der Waals surface area contributed by atoms with E-state index in [2.05, 4.69) is 5.32 Å². The van der Waals surface area contributed by atoms with E-state index >= 15 is 0 Å². The van der Waals surface area contributed by atoms with E-state index in [4.69, 9.17) is 16.3 Å². The molecule has 0 fully saturated rings. The van der Waals surface area contributed by atoms with Gasteiger partial charge in [-0.3, -0.25) is 9.59 Å². The van der Waals surface area contributed by atoms with Gasteiger partial charge in [0.15, 0.2) is 0 Å². The average Bonchev–Trinajstić information content (AvgIpc) is 2.63. The van der Waals surface area contributed by atoms with Crippen LogP contribution >= 0.6 is 11.6 Å². The van der Waals surface area contributed by atoms with E-state index in [1.165, 1.54) is 4.90 Å². The van der Waals surface area contributed by atoms with E-state index in [1.54, 1.807) is 31.3 Å². The van der Waals surface area contributed by atoms with E-state index in [0.717, 1.165) is 12.1 Å². The van der Waals surface area contributed by atoms with Crippen LogP contribution < -0.4 is 10.1 Å². The molecule has 0 saturated heterocycles. The molecule has 2 aromatic rings. The predicted molar refractivity (Wildman–Crippen MR) is 97.9 cm³/mol. The fourth-order valence-electron chi connectivity index (χ4n) is 2.23. The molecule has 0 aliphatic heterocycles. The molecule has 5 nitrogen and oxygen atoms in total. The Morgan fingerprint density at radius 1 is 1.11 bits per heavy atom. The van der Waals surface area contributed by atoms with E-state index in [1.807, 2.05) is 0 Å². The number of nitrogens with zero attached hydrogens (tertiary/aromatic N) is 1. The molecule has 0 unspecified atom stereocenters. The Kier molecular flexibility index (Phi) is 7.55. The Balaban J connectivity index is 1.70. The number of ether oxygens (including phenoxy) is 1. The fourth-order valence-corrected chi connectivity index (χ4v) is 2.35. The first-order chi connectivity index (χ1) is 12.8. The molecule has 0 heterocycles. The van der Waals surface area contributed by atoms with Crippen LogP contribution in [0.5, 0.6) is 5.75 Å². The zero-order valence-corrected chi connectivity index (χ0v) is 15.4. The minimum atomic E-state index is -0.857. The Morgan fingerprint density at radius 2 is 1.74 bits per heavy atom. The minimum Gasteiger partial charge on any atom is -0.494 e. The van der Waals surface area contributed by atoms with E-state index < -0.39 is 17.5 Å². The number of carbonyl (C=O) groups excluding carboxylic acids is 2. The number of carbonyl (C=O) groups is 2. The molecule has 0 radical (unpaired) electrons. The molecular weight excluding hydrogens is 378 g/mol. The molecule has 2 amide bonds. The second kappa shape index (κ2) is 9.87. The van der Waals surface area contributed by atoms with Crippen molar-refractivity contribution in [1.29, 1.82) is 0 Å². The van der Waals surface area contributed by atoms with Crippen LogP contribution in [0.3, 0.4) is 0 Å². The summed E-state index contributed by atoms with van der Waals surface area (Å²) in [6.07, 6.45) is 0.591. The summed E-state index contributed by atoms with van der Waals surface area (Å²) in [5, 5.41) is 2.97. The van der Waals surface area contributed by atoms with E-state index in [9.17, 15) is 18.4 Å². The van der Waals surface area contributed by atoms with Crippen molar-refractivity contribution in [2.75, 3.05) is 26.7 Å². The number of rotatable bonds is 8. The number of benzene rings is 2. The standard InChI is InChI=1S/C19H19ClF2N2O3/c1-24(7-2-8-27-17-5-3-14(20)4-6-17)18(25)12-23-19(26)13-9-15(21)11-16(22)10-13/h3-6,9-11H,2,7-8,12H2,1H3,(H,23,26). The topological polar surface area (TPSA) is 58.6 Å². The highest BCUT2D eigenvalue weighted by molar-refractivity contribution is 6.30. The van der Waals surface area contributed by atoms with E-state index in [0.29, 0.717) is 36.4 Å². The molecule has 0 aliphatic rings. The molecule has 0 atom stereocenters. The zero-order valence-electron chi connectivity index (χ0n) is 14.7. The maximum absolute atomic E-state index is 13.1. The van der Waals surface area contributed by atoms with Gasteiger partial charge in [-0.1, -0.05) is 11.6 Å². The van der Waals surface area contributed by atoms with Crippen molar-refractivity contribution in [2.45, 2.75) is 6.42 Å². The first kappa shape index (κ1) is 20.6. The Hall–Kier alpha value is -2.67. The summed E-state index contributed by atoms with van der Waals surface area (Å²) in [7, 11) is 1.60. The molecule has 8 heteroatoms. The van der Waals surface area contributed by atoms with Crippen LogP contribution in [0.2, 0.25) is 5.02 Å². The largest absolute Gasteiger partial charge is 0.494 e. The first-order valence-electron chi connectivity index (χ1n) is 8.22.